The normalized spacial score (nSPS) is 13.0. The molecule has 8 nitrogen and oxygen atoms in total. The summed E-state index contributed by atoms with van der Waals surface area (Å²) in [5.74, 6) is -0.569. The molecule has 0 fully saturated rings. The highest BCUT2D eigenvalue weighted by molar-refractivity contribution is 7.18. The minimum absolute atomic E-state index is 0.227. The van der Waals surface area contributed by atoms with E-state index in [0.29, 0.717) is 18.5 Å². The van der Waals surface area contributed by atoms with Crippen molar-refractivity contribution in [3.8, 4) is 0 Å². The molecule has 2 heterocycles. The Morgan fingerprint density at radius 1 is 1.42 bits per heavy atom. The van der Waals surface area contributed by atoms with Crippen LogP contribution in [-0.4, -0.2) is 41.8 Å². The van der Waals surface area contributed by atoms with Crippen LogP contribution >= 0.6 is 11.3 Å². The van der Waals surface area contributed by atoms with Gasteiger partial charge in [-0.05, 0) is 24.8 Å². The zero-order valence-corrected chi connectivity index (χ0v) is 14.1. The lowest BCUT2D eigenvalue weighted by molar-refractivity contribution is -0.120. The van der Waals surface area contributed by atoms with Crippen molar-refractivity contribution in [2.24, 2.45) is 0 Å². The molecule has 3 rings (SSSR count). The second-order valence-electron chi connectivity index (χ2n) is 5.51. The molecule has 3 amide bonds. The second-order valence-corrected chi connectivity index (χ2v) is 6.60. The summed E-state index contributed by atoms with van der Waals surface area (Å²) in [7, 11) is 1.52. The SMILES string of the molecule is COCCNC(=O)NC(=O)Cn1cnc2sc3c(c2c1=O)CCC3. The fraction of sp³-hybridized carbons (Fsp3) is 0.467. The molecule has 9 heteroatoms. The van der Waals surface area contributed by atoms with Gasteiger partial charge in [0.15, 0.2) is 0 Å². The van der Waals surface area contributed by atoms with Gasteiger partial charge in [-0.25, -0.2) is 9.78 Å². The van der Waals surface area contributed by atoms with Gasteiger partial charge in [0.25, 0.3) is 5.56 Å². The number of imide groups is 1. The molecule has 0 aliphatic heterocycles. The van der Waals surface area contributed by atoms with Crippen molar-refractivity contribution in [1.82, 2.24) is 20.2 Å². The van der Waals surface area contributed by atoms with Crippen LogP contribution in [0, 0.1) is 0 Å². The van der Waals surface area contributed by atoms with E-state index in [1.54, 1.807) is 11.3 Å². The van der Waals surface area contributed by atoms with Crippen LogP contribution < -0.4 is 16.2 Å². The first kappa shape index (κ1) is 16.6. The highest BCUT2D eigenvalue weighted by atomic mass is 32.1. The Morgan fingerprint density at radius 3 is 3.04 bits per heavy atom. The predicted octanol–water partition coefficient (Wildman–Crippen LogP) is 0.419. The second kappa shape index (κ2) is 7.10. The van der Waals surface area contributed by atoms with Crippen LogP contribution in [-0.2, 0) is 28.9 Å². The van der Waals surface area contributed by atoms with Gasteiger partial charge >= 0.3 is 6.03 Å². The molecular formula is C15H18N4O4S. The van der Waals surface area contributed by atoms with Crippen LogP contribution in [0.4, 0.5) is 4.79 Å². The molecule has 0 saturated heterocycles. The van der Waals surface area contributed by atoms with Crippen LogP contribution in [0.25, 0.3) is 10.2 Å². The fourth-order valence-electron chi connectivity index (χ4n) is 2.76. The molecule has 0 unspecified atom stereocenters. The molecule has 2 N–H and O–H groups in total. The van der Waals surface area contributed by atoms with E-state index in [4.69, 9.17) is 4.74 Å². The summed E-state index contributed by atoms with van der Waals surface area (Å²) >= 11 is 1.55. The van der Waals surface area contributed by atoms with Crippen molar-refractivity contribution in [1.29, 1.82) is 0 Å². The third-order valence-corrected chi connectivity index (χ3v) is 5.05. The lowest BCUT2D eigenvalue weighted by Crippen LogP contribution is -2.43. The number of thiophene rings is 1. The minimum Gasteiger partial charge on any atom is -0.383 e. The van der Waals surface area contributed by atoms with Gasteiger partial charge in [0.2, 0.25) is 5.91 Å². The minimum atomic E-state index is -0.615. The summed E-state index contributed by atoms with van der Waals surface area (Å²) in [4.78, 5) is 42.3. The Hall–Kier alpha value is -2.26. The van der Waals surface area contributed by atoms with E-state index in [1.165, 1.54) is 22.9 Å². The molecule has 0 bridgehead atoms. The van der Waals surface area contributed by atoms with Crippen molar-refractivity contribution in [2.45, 2.75) is 25.8 Å². The first-order valence-corrected chi connectivity index (χ1v) is 8.48. The maximum atomic E-state index is 12.6. The zero-order valence-electron chi connectivity index (χ0n) is 13.3. The average molecular weight is 350 g/mol. The van der Waals surface area contributed by atoms with Crippen molar-refractivity contribution in [2.75, 3.05) is 20.3 Å². The summed E-state index contributed by atoms with van der Waals surface area (Å²) in [6, 6.07) is -0.615. The number of rotatable bonds is 5. The van der Waals surface area contributed by atoms with Crippen LogP contribution in [0.2, 0.25) is 0 Å². The molecule has 0 aromatic carbocycles. The molecule has 0 spiro atoms. The van der Waals surface area contributed by atoms with E-state index in [2.05, 4.69) is 15.6 Å². The maximum absolute atomic E-state index is 12.6. The number of nitrogens with one attached hydrogen (secondary N) is 2. The van der Waals surface area contributed by atoms with Crippen molar-refractivity contribution in [3.63, 3.8) is 0 Å². The summed E-state index contributed by atoms with van der Waals surface area (Å²) in [5, 5.41) is 5.27. The van der Waals surface area contributed by atoms with Crippen molar-refractivity contribution >= 4 is 33.5 Å². The van der Waals surface area contributed by atoms with Gasteiger partial charge in [-0.1, -0.05) is 0 Å². The van der Waals surface area contributed by atoms with Crippen LogP contribution in [0.15, 0.2) is 11.1 Å². The van der Waals surface area contributed by atoms with Crippen LogP contribution in [0.5, 0.6) is 0 Å². The fourth-order valence-corrected chi connectivity index (χ4v) is 3.98. The Labute approximate surface area is 141 Å². The van der Waals surface area contributed by atoms with Gasteiger partial charge in [0.1, 0.15) is 11.4 Å². The largest absolute Gasteiger partial charge is 0.383 e. The van der Waals surface area contributed by atoms with Gasteiger partial charge in [0, 0.05) is 18.5 Å². The van der Waals surface area contributed by atoms with E-state index < -0.39 is 11.9 Å². The average Bonchev–Trinajstić information content (AvgIpc) is 3.11. The number of aryl methyl sites for hydroxylation is 2. The maximum Gasteiger partial charge on any atom is 0.321 e. The third-order valence-electron chi connectivity index (χ3n) is 3.85. The summed E-state index contributed by atoms with van der Waals surface area (Å²) in [6.07, 6.45) is 4.27. The smallest absolute Gasteiger partial charge is 0.321 e. The molecule has 1 aliphatic rings. The van der Waals surface area contributed by atoms with Crippen LogP contribution in [0.3, 0.4) is 0 Å². The summed E-state index contributed by atoms with van der Waals surface area (Å²) in [6.45, 7) is 0.402. The number of aromatic nitrogens is 2. The number of amides is 3. The first-order valence-electron chi connectivity index (χ1n) is 7.66. The van der Waals surface area contributed by atoms with Gasteiger partial charge in [0.05, 0.1) is 18.3 Å². The monoisotopic (exact) mass is 350 g/mol. The highest BCUT2D eigenvalue weighted by Crippen LogP contribution is 2.34. The van der Waals surface area contributed by atoms with Gasteiger partial charge in [-0.15, -0.1) is 11.3 Å². The summed E-state index contributed by atoms with van der Waals surface area (Å²) < 4.78 is 6.04. The lowest BCUT2D eigenvalue weighted by Gasteiger charge is -2.08. The molecular weight excluding hydrogens is 332 g/mol. The molecule has 128 valence electrons. The van der Waals surface area contributed by atoms with E-state index in [-0.39, 0.29) is 12.1 Å². The number of fused-ring (bicyclic) bond motifs is 3. The molecule has 2 aromatic rings. The highest BCUT2D eigenvalue weighted by Gasteiger charge is 2.21. The Bertz CT molecular complexity index is 842. The van der Waals surface area contributed by atoms with E-state index in [1.807, 2.05) is 0 Å². The number of hydrogen-bond acceptors (Lipinski definition) is 6. The number of carbonyl (C=O) groups excluding carboxylic acids is 2. The summed E-state index contributed by atoms with van der Waals surface area (Å²) in [5.41, 5.74) is 0.842. The number of urea groups is 1. The Morgan fingerprint density at radius 2 is 2.25 bits per heavy atom. The molecule has 0 radical (unpaired) electrons. The topological polar surface area (TPSA) is 102 Å². The van der Waals surface area contributed by atoms with Gasteiger partial charge in [-0.3, -0.25) is 19.5 Å². The molecule has 0 saturated carbocycles. The first-order chi connectivity index (χ1) is 11.6. The number of hydrogen-bond donors (Lipinski definition) is 2. The Balaban J connectivity index is 1.71. The molecule has 1 aliphatic carbocycles. The standard InChI is InChI=1S/C15H18N4O4S/c1-23-6-5-16-15(22)18-11(20)7-19-8-17-13-12(14(19)21)9-3-2-4-10(9)24-13/h8H,2-7H2,1H3,(H2,16,18,20,22). The predicted molar refractivity (Wildman–Crippen MR) is 89.3 cm³/mol. The van der Waals surface area contributed by atoms with E-state index in [9.17, 15) is 14.4 Å². The molecule has 2 aromatic heterocycles. The van der Waals surface area contributed by atoms with Crippen LogP contribution in [0.1, 0.15) is 16.9 Å². The van der Waals surface area contributed by atoms with Gasteiger partial charge < -0.3 is 10.1 Å². The van der Waals surface area contributed by atoms with E-state index in [0.717, 1.165) is 29.7 Å². The Kier molecular flexibility index (Phi) is 4.91. The molecule has 24 heavy (non-hydrogen) atoms. The number of nitrogens with zero attached hydrogens (tertiary/aromatic N) is 2. The quantitative estimate of drug-likeness (QED) is 0.761. The van der Waals surface area contributed by atoms with Crippen molar-refractivity contribution < 1.29 is 14.3 Å². The number of methoxy groups -OCH3 is 1. The van der Waals surface area contributed by atoms with Crippen molar-refractivity contribution in [3.05, 3.63) is 27.1 Å². The van der Waals surface area contributed by atoms with Gasteiger partial charge in [-0.2, -0.15) is 0 Å². The van der Waals surface area contributed by atoms with E-state index >= 15 is 0 Å². The number of ether oxygens (including phenoxy) is 1. The lowest BCUT2D eigenvalue weighted by atomic mass is 10.2. The third kappa shape index (κ3) is 3.31. The molecule has 0 atom stereocenters. The number of carbonyl (C=O) groups is 2. The zero-order chi connectivity index (χ0) is 17.1.